The summed E-state index contributed by atoms with van der Waals surface area (Å²) in [5.41, 5.74) is 1.58. The van der Waals surface area contributed by atoms with Crippen molar-refractivity contribution in [1.82, 2.24) is 15.0 Å². The van der Waals surface area contributed by atoms with Gasteiger partial charge in [0.15, 0.2) is 0 Å². The molecule has 21 heavy (non-hydrogen) atoms. The highest BCUT2D eigenvalue weighted by atomic mass is 16.2. The lowest BCUT2D eigenvalue weighted by atomic mass is 10.2. The number of aliphatic hydroxyl groups excluding tert-OH is 1. The number of anilines is 1. The second kappa shape index (κ2) is 7.82. The van der Waals surface area contributed by atoms with Gasteiger partial charge >= 0.3 is 0 Å². The number of aromatic nitrogens is 3. The van der Waals surface area contributed by atoms with E-state index in [1.807, 2.05) is 12.1 Å². The molecular weight excluding hydrogens is 268 g/mol. The molecule has 0 spiro atoms. The molecule has 0 aliphatic heterocycles. The van der Waals surface area contributed by atoms with Gasteiger partial charge in [-0.25, -0.2) is 0 Å². The zero-order valence-corrected chi connectivity index (χ0v) is 11.5. The molecule has 0 bridgehead atoms. The summed E-state index contributed by atoms with van der Waals surface area (Å²) in [5, 5.41) is 18.9. The Hall–Kier alpha value is -2.65. The van der Waals surface area contributed by atoms with Crippen LogP contribution < -0.4 is 5.32 Å². The van der Waals surface area contributed by atoms with Crippen molar-refractivity contribution in [3.8, 4) is 11.8 Å². The van der Waals surface area contributed by atoms with Crippen LogP contribution in [0.2, 0.25) is 0 Å². The van der Waals surface area contributed by atoms with Gasteiger partial charge in [0, 0.05) is 30.3 Å². The molecule has 2 aromatic rings. The fourth-order valence-electron chi connectivity index (χ4n) is 1.65. The fraction of sp³-hybridized carbons (Fsp3) is 0.267. The molecule has 0 atom stereocenters. The third-order valence-corrected chi connectivity index (χ3v) is 2.68. The molecule has 1 amide bonds. The molecule has 0 fully saturated rings. The Labute approximate surface area is 122 Å². The molecule has 6 nitrogen and oxygen atoms in total. The maximum Gasteiger partial charge on any atom is 0.226 e. The average molecular weight is 284 g/mol. The minimum absolute atomic E-state index is 0.0624. The molecule has 1 aromatic heterocycles. The van der Waals surface area contributed by atoms with Crippen LogP contribution in [-0.4, -0.2) is 32.6 Å². The van der Waals surface area contributed by atoms with Gasteiger partial charge in [-0.05, 0) is 24.3 Å². The van der Waals surface area contributed by atoms with Gasteiger partial charge in [-0.15, -0.1) is 5.10 Å². The highest BCUT2D eigenvalue weighted by Gasteiger charge is 2.03. The van der Waals surface area contributed by atoms with E-state index in [1.165, 1.54) is 0 Å². The Morgan fingerprint density at radius 1 is 1.33 bits per heavy atom. The molecule has 6 heteroatoms. The van der Waals surface area contributed by atoms with Gasteiger partial charge < -0.3 is 10.4 Å². The Bertz CT molecular complexity index is 624. The summed E-state index contributed by atoms with van der Waals surface area (Å²) in [6, 6.07) is 7.27. The van der Waals surface area contributed by atoms with Gasteiger partial charge in [-0.2, -0.15) is 0 Å². The predicted octanol–water partition coefficient (Wildman–Crippen LogP) is 1.04. The second-order valence-corrected chi connectivity index (χ2v) is 4.32. The summed E-state index contributed by atoms with van der Waals surface area (Å²) < 4.78 is 1.61. The first kappa shape index (κ1) is 14.8. The third-order valence-electron chi connectivity index (χ3n) is 2.68. The van der Waals surface area contributed by atoms with Crippen LogP contribution in [-0.2, 0) is 11.3 Å². The van der Waals surface area contributed by atoms with Crippen LogP contribution in [0, 0.1) is 11.8 Å². The molecule has 0 unspecified atom stereocenters. The second-order valence-electron chi connectivity index (χ2n) is 4.32. The largest absolute Gasteiger partial charge is 0.395 e. The summed E-state index contributed by atoms with van der Waals surface area (Å²) >= 11 is 0. The minimum atomic E-state index is -0.0791. The summed E-state index contributed by atoms with van der Waals surface area (Å²) in [5.74, 6) is 5.69. The minimum Gasteiger partial charge on any atom is -0.395 e. The van der Waals surface area contributed by atoms with Crippen LogP contribution in [0.1, 0.15) is 18.4 Å². The van der Waals surface area contributed by atoms with E-state index >= 15 is 0 Å². The number of aryl methyl sites for hydroxylation is 1. The summed E-state index contributed by atoms with van der Waals surface area (Å²) in [4.78, 5) is 11.8. The molecule has 2 rings (SSSR count). The van der Waals surface area contributed by atoms with Crippen molar-refractivity contribution in [2.75, 3.05) is 11.9 Å². The zero-order valence-electron chi connectivity index (χ0n) is 11.5. The number of hydrogen-bond donors (Lipinski definition) is 2. The lowest BCUT2D eigenvalue weighted by molar-refractivity contribution is -0.116. The van der Waals surface area contributed by atoms with Crippen molar-refractivity contribution in [1.29, 1.82) is 0 Å². The highest BCUT2D eigenvalue weighted by molar-refractivity contribution is 5.90. The molecule has 0 saturated carbocycles. The number of hydrogen-bond acceptors (Lipinski definition) is 4. The number of benzene rings is 1. The van der Waals surface area contributed by atoms with Crippen LogP contribution in [0.3, 0.4) is 0 Å². The van der Waals surface area contributed by atoms with Crippen molar-refractivity contribution in [2.24, 2.45) is 0 Å². The Morgan fingerprint density at radius 2 is 2.14 bits per heavy atom. The molecule has 108 valence electrons. The molecule has 0 aliphatic carbocycles. The summed E-state index contributed by atoms with van der Waals surface area (Å²) in [6.45, 7) is 0.559. The molecule has 2 N–H and O–H groups in total. The van der Waals surface area contributed by atoms with E-state index < -0.39 is 0 Å². The van der Waals surface area contributed by atoms with Crippen molar-refractivity contribution < 1.29 is 9.90 Å². The SMILES string of the molecule is O=C(CCn1ccnn1)Nc1ccc(C#CCCO)cc1. The molecular formula is C15H16N4O2. The van der Waals surface area contributed by atoms with Crippen LogP contribution in [0.5, 0.6) is 0 Å². The van der Waals surface area contributed by atoms with Crippen LogP contribution in [0.15, 0.2) is 36.7 Å². The highest BCUT2D eigenvalue weighted by Crippen LogP contribution is 2.09. The molecule has 0 radical (unpaired) electrons. The number of amides is 1. The number of nitrogens with zero attached hydrogens (tertiary/aromatic N) is 3. The van der Waals surface area contributed by atoms with E-state index in [0.29, 0.717) is 19.4 Å². The smallest absolute Gasteiger partial charge is 0.226 e. The van der Waals surface area contributed by atoms with Crippen molar-refractivity contribution in [3.63, 3.8) is 0 Å². The summed E-state index contributed by atoms with van der Waals surface area (Å²) in [6.07, 6.45) is 4.09. The Balaban J connectivity index is 1.82. The van der Waals surface area contributed by atoms with E-state index in [9.17, 15) is 4.79 Å². The number of nitrogens with one attached hydrogen (secondary N) is 1. The molecule has 1 heterocycles. The molecule has 0 saturated heterocycles. The van der Waals surface area contributed by atoms with Crippen LogP contribution >= 0.6 is 0 Å². The number of carbonyl (C=O) groups excluding carboxylic acids is 1. The van der Waals surface area contributed by atoms with Gasteiger partial charge in [0.05, 0.1) is 19.3 Å². The van der Waals surface area contributed by atoms with Crippen LogP contribution in [0.25, 0.3) is 0 Å². The topological polar surface area (TPSA) is 80.0 Å². The van der Waals surface area contributed by atoms with E-state index in [2.05, 4.69) is 27.5 Å². The number of aliphatic hydroxyl groups is 1. The van der Waals surface area contributed by atoms with Crippen molar-refractivity contribution in [2.45, 2.75) is 19.4 Å². The monoisotopic (exact) mass is 284 g/mol. The number of carbonyl (C=O) groups is 1. The lowest BCUT2D eigenvalue weighted by Gasteiger charge is -2.05. The van der Waals surface area contributed by atoms with Gasteiger partial charge in [-0.3, -0.25) is 9.48 Å². The van der Waals surface area contributed by atoms with E-state index in [4.69, 9.17) is 5.11 Å². The van der Waals surface area contributed by atoms with E-state index in [1.54, 1.807) is 29.2 Å². The average Bonchev–Trinajstić information content (AvgIpc) is 3.01. The summed E-state index contributed by atoms with van der Waals surface area (Å²) in [7, 11) is 0. The quantitative estimate of drug-likeness (QED) is 0.804. The fourth-order valence-corrected chi connectivity index (χ4v) is 1.65. The number of rotatable bonds is 5. The van der Waals surface area contributed by atoms with E-state index in [0.717, 1.165) is 11.3 Å². The third kappa shape index (κ3) is 5.09. The first-order chi connectivity index (χ1) is 10.3. The van der Waals surface area contributed by atoms with Crippen molar-refractivity contribution >= 4 is 11.6 Å². The standard InChI is InChI=1S/C15H16N4O2/c20-12-2-1-3-13-4-6-14(7-5-13)17-15(21)8-10-19-11-9-16-18-19/h4-7,9,11,20H,2,8,10,12H2,(H,17,21). The lowest BCUT2D eigenvalue weighted by Crippen LogP contribution is -2.14. The van der Waals surface area contributed by atoms with Gasteiger partial charge in [0.1, 0.15) is 0 Å². The predicted molar refractivity (Wildman–Crippen MR) is 78.3 cm³/mol. The Morgan fingerprint density at radius 3 is 2.81 bits per heavy atom. The first-order valence-corrected chi connectivity index (χ1v) is 6.61. The molecule has 0 aliphatic rings. The van der Waals surface area contributed by atoms with Gasteiger partial charge in [0.25, 0.3) is 0 Å². The molecule has 1 aromatic carbocycles. The maximum atomic E-state index is 11.8. The first-order valence-electron chi connectivity index (χ1n) is 6.61. The zero-order chi connectivity index (χ0) is 14.9. The van der Waals surface area contributed by atoms with Crippen molar-refractivity contribution in [3.05, 3.63) is 42.2 Å². The van der Waals surface area contributed by atoms with Gasteiger partial charge in [0.2, 0.25) is 5.91 Å². The van der Waals surface area contributed by atoms with Crippen LogP contribution in [0.4, 0.5) is 5.69 Å². The Kier molecular flexibility index (Phi) is 5.50. The normalized spacial score (nSPS) is 9.76. The van der Waals surface area contributed by atoms with Gasteiger partial charge in [-0.1, -0.05) is 17.1 Å². The maximum absolute atomic E-state index is 11.8. The van der Waals surface area contributed by atoms with E-state index in [-0.39, 0.29) is 12.5 Å².